The molecule has 0 aliphatic carbocycles. The maximum absolute atomic E-state index is 12.5. The molecular formula is C20H32N2O3. The topological polar surface area (TPSA) is 50.8 Å². The number of rotatable bonds is 10. The van der Waals surface area contributed by atoms with E-state index in [4.69, 9.17) is 9.47 Å². The van der Waals surface area contributed by atoms with E-state index in [1.165, 1.54) is 25.9 Å². The highest BCUT2D eigenvalue weighted by atomic mass is 16.5. The lowest BCUT2D eigenvalue weighted by atomic mass is 10.0. The van der Waals surface area contributed by atoms with Crippen molar-refractivity contribution in [3.63, 3.8) is 0 Å². The molecule has 2 rings (SSSR count). The molecule has 5 heteroatoms. The van der Waals surface area contributed by atoms with Crippen LogP contribution < -0.4 is 10.1 Å². The Bertz CT molecular complexity index is 526. The molecule has 1 saturated heterocycles. The van der Waals surface area contributed by atoms with Gasteiger partial charge in [-0.3, -0.25) is 9.69 Å². The normalized spacial score (nSPS) is 17.2. The zero-order chi connectivity index (χ0) is 18.1. The maximum atomic E-state index is 12.5. The van der Waals surface area contributed by atoms with E-state index < -0.39 is 5.60 Å². The van der Waals surface area contributed by atoms with Crippen LogP contribution in [0.4, 0.5) is 5.69 Å². The van der Waals surface area contributed by atoms with Crippen molar-refractivity contribution in [2.75, 3.05) is 38.2 Å². The zero-order valence-electron chi connectivity index (χ0n) is 15.8. The number of hydrogen-bond donors (Lipinski definition) is 1. The number of hydrogen-bond acceptors (Lipinski definition) is 4. The number of carbonyl (C=O) groups is 1. The maximum Gasteiger partial charge on any atom is 0.256 e. The molecule has 1 unspecified atom stereocenters. The summed E-state index contributed by atoms with van der Waals surface area (Å²) in [5.41, 5.74) is -0.0300. The van der Waals surface area contributed by atoms with Crippen LogP contribution in [0, 0.1) is 0 Å². The lowest BCUT2D eigenvalue weighted by Crippen LogP contribution is -2.42. The van der Waals surface area contributed by atoms with Crippen LogP contribution in [0.5, 0.6) is 5.75 Å². The fraction of sp³-hybridized carbons (Fsp3) is 0.650. The molecule has 1 N–H and O–H groups in total. The van der Waals surface area contributed by atoms with Gasteiger partial charge < -0.3 is 14.8 Å². The number of ether oxygens (including phenoxy) is 2. The number of likely N-dealkylation sites (tertiary alicyclic amines) is 1. The summed E-state index contributed by atoms with van der Waals surface area (Å²) in [4.78, 5) is 14.9. The monoisotopic (exact) mass is 348 g/mol. The van der Waals surface area contributed by atoms with Crippen molar-refractivity contribution in [3.05, 3.63) is 24.3 Å². The first-order valence-electron chi connectivity index (χ1n) is 9.48. The van der Waals surface area contributed by atoms with Crippen molar-refractivity contribution in [1.82, 2.24) is 4.90 Å². The van der Waals surface area contributed by atoms with Crippen LogP contribution in [-0.4, -0.2) is 49.3 Å². The predicted octanol–water partition coefficient (Wildman–Crippen LogP) is 3.70. The van der Waals surface area contributed by atoms with E-state index in [1.807, 2.05) is 45.0 Å². The molecule has 0 aromatic heterocycles. The molecule has 1 atom stereocenters. The molecule has 0 spiro atoms. The van der Waals surface area contributed by atoms with E-state index in [0.717, 1.165) is 24.4 Å². The van der Waals surface area contributed by atoms with Gasteiger partial charge in [-0.05, 0) is 70.0 Å². The molecule has 1 heterocycles. The Labute approximate surface area is 151 Å². The second-order valence-corrected chi connectivity index (χ2v) is 6.81. The Kier molecular flexibility index (Phi) is 7.72. The minimum absolute atomic E-state index is 0.105. The number of carbonyl (C=O) groups excluding carboxylic acids is 1. The standard InChI is InChI=1S/C20H32N2O3/c1-4-15-25-20(3,5-2)19(23)21-17-8-10-18(11-9-17)24-16-14-22-12-6-7-13-22/h8-11H,4-7,12-16H2,1-3H3,(H,21,23). The van der Waals surface area contributed by atoms with E-state index in [1.54, 1.807) is 0 Å². The Hall–Kier alpha value is -1.59. The second kappa shape index (κ2) is 9.78. The van der Waals surface area contributed by atoms with Crippen LogP contribution in [0.2, 0.25) is 0 Å². The summed E-state index contributed by atoms with van der Waals surface area (Å²) in [6.45, 7) is 10.5. The summed E-state index contributed by atoms with van der Waals surface area (Å²) in [6, 6.07) is 7.55. The molecule has 5 nitrogen and oxygen atoms in total. The van der Waals surface area contributed by atoms with Crippen LogP contribution in [-0.2, 0) is 9.53 Å². The number of nitrogens with zero attached hydrogens (tertiary/aromatic N) is 1. The highest BCUT2D eigenvalue weighted by molar-refractivity contribution is 5.97. The quantitative estimate of drug-likeness (QED) is 0.700. The van der Waals surface area contributed by atoms with Crippen LogP contribution in [0.1, 0.15) is 46.5 Å². The summed E-state index contributed by atoms with van der Waals surface area (Å²) in [7, 11) is 0. The molecule has 1 aliphatic rings. The van der Waals surface area contributed by atoms with Gasteiger partial charge in [0.15, 0.2) is 0 Å². The van der Waals surface area contributed by atoms with Crippen molar-refractivity contribution < 1.29 is 14.3 Å². The molecule has 0 radical (unpaired) electrons. The Morgan fingerprint density at radius 2 is 1.84 bits per heavy atom. The fourth-order valence-corrected chi connectivity index (χ4v) is 2.85. The summed E-state index contributed by atoms with van der Waals surface area (Å²) < 4.78 is 11.5. The first kappa shape index (κ1) is 19.7. The SMILES string of the molecule is CCCOC(C)(CC)C(=O)Nc1ccc(OCCN2CCCC2)cc1. The lowest BCUT2D eigenvalue weighted by Gasteiger charge is -2.27. The molecule has 1 aliphatic heterocycles. The fourth-order valence-electron chi connectivity index (χ4n) is 2.85. The Morgan fingerprint density at radius 1 is 1.16 bits per heavy atom. The third-order valence-corrected chi connectivity index (χ3v) is 4.77. The Balaban J connectivity index is 1.81. The third-order valence-electron chi connectivity index (χ3n) is 4.77. The molecule has 0 saturated carbocycles. The smallest absolute Gasteiger partial charge is 0.256 e. The molecule has 1 aromatic carbocycles. The van der Waals surface area contributed by atoms with Gasteiger partial charge in [-0.15, -0.1) is 0 Å². The second-order valence-electron chi connectivity index (χ2n) is 6.81. The first-order chi connectivity index (χ1) is 12.1. The first-order valence-corrected chi connectivity index (χ1v) is 9.48. The number of nitrogens with one attached hydrogen (secondary N) is 1. The van der Waals surface area contributed by atoms with Gasteiger partial charge in [0.1, 0.15) is 18.0 Å². The van der Waals surface area contributed by atoms with Crippen molar-refractivity contribution in [2.24, 2.45) is 0 Å². The zero-order valence-corrected chi connectivity index (χ0v) is 15.8. The van der Waals surface area contributed by atoms with Gasteiger partial charge in [0, 0.05) is 18.8 Å². The molecule has 1 amide bonds. The summed E-state index contributed by atoms with van der Waals surface area (Å²) >= 11 is 0. The summed E-state index contributed by atoms with van der Waals surface area (Å²) in [5.74, 6) is 0.726. The minimum Gasteiger partial charge on any atom is -0.492 e. The molecule has 140 valence electrons. The van der Waals surface area contributed by atoms with Gasteiger partial charge in [-0.1, -0.05) is 13.8 Å². The van der Waals surface area contributed by atoms with E-state index in [2.05, 4.69) is 10.2 Å². The lowest BCUT2D eigenvalue weighted by molar-refractivity contribution is -0.139. The molecule has 0 bridgehead atoms. The number of anilines is 1. The largest absolute Gasteiger partial charge is 0.492 e. The number of benzene rings is 1. The molecular weight excluding hydrogens is 316 g/mol. The van der Waals surface area contributed by atoms with Gasteiger partial charge in [0.05, 0.1) is 0 Å². The van der Waals surface area contributed by atoms with Crippen molar-refractivity contribution in [1.29, 1.82) is 0 Å². The van der Waals surface area contributed by atoms with Crippen molar-refractivity contribution >= 4 is 11.6 Å². The molecule has 1 aromatic rings. The third kappa shape index (κ3) is 6.01. The van der Waals surface area contributed by atoms with E-state index in [9.17, 15) is 4.79 Å². The van der Waals surface area contributed by atoms with Crippen LogP contribution in [0.3, 0.4) is 0 Å². The summed E-state index contributed by atoms with van der Waals surface area (Å²) in [6.07, 6.45) is 4.13. The van der Waals surface area contributed by atoms with E-state index >= 15 is 0 Å². The average molecular weight is 348 g/mol. The molecule has 1 fully saturated rings. The highest BCUT2D eigenvalue weighted by Gasteiger charge is 2.32. The van der Waals surface area contributed by atoms with Gasteiger partial charge in [0.25, 0.3) is 5.91 Å². The molecule has 25 heavy (non-hydrogen) atoms. The minimum atomic E-state index is -0.791. The van der Waals surface area contributed by atoms with Crippen LogP contribution in [0.15, 0.2) is 24.3 Å². The van der Waals surface area contributed by atoms with Crippen LogP contribution >= 0.6 is 0 Å². The van der Waals surface area contributed by atoms with E-state index in [0.29, 0.717) is 19.6 Å². The number of amides is 1. The van der Waals surface area contributed by atoms with Gasteiger partial charge in [-0.2, -0.15) is 0 Å². The van der Waals surface area contributed by atoms with Gasteiger partial charge in [-0.25, -0.2) is 0 Å². The summed E-state index contributed by atoms with van der Waals surface area (Å²) in [5, 5.41) is 2.94. The van der Waals surface area contributed by atoms with Crippen molar-refractivity contribution in [3.8, 4) is 5.75 Å². The average Bonchev–Trinajstić information content (AvgIpc) is 3.14. The van der Waals surface area contributed by atoms with E-state index in [-0.39, 0.29) is 5.91 Å². The Morgan fingerprint density at radius 3 is 2.44 bits per heavy atom. The van der Waals surface area contributed by atoms with Crippen molar-refractivity contribution in [2.45, 2.75) is 52.1 Å². The van der Waals surface area contributed by atoms with Gasteiger partial charge >= 0.3 is 0 Å². The van der Waals surface area contributed by atoms with Gasteiger partial charge in [0.2, 0.25) is 0 Å². The highest BCUT2D eigenvalue weighted by Crippen LogP contribution is 2.21. The van der Waals surface area contributed by atoms with Crippen LogP contribution in [0.25, 0.3) is 0 Å². The predicted molar refractivity (Wildman–Crippen MR) is 101 cm³/mol.